The standard InChI is InChI=1S/C19H29FN4O3/c1-12-10-24(8-7-23(12)3)19(26)18(22-17(25)11-27-4)13(2)14-5-6-16(21)15(20)9-14/h5-6,9,12-13,18H,7-8,10-11,21H2,1-4H3,(H,22,25)/t12-,13+,18-/m1/s1. The number of anilines is 1. The molecule has 0 aromatic heterocycles. The zero-order chi connectivity index (χ0) is 20.1. The molecule has 0 bridgehead atoms. The molecule has 1 heterocycles. The van der Waals surface area contributed by atoms with E-state index in [1.165, 1.54) is 19.2 Å². The number of nitrogens with two attached hydrogens (primary N) is 1. The van der Waals surface area contributed by atoms with Crippen LogP contribution in [0.4, 0.5) is 10.1 Å². The quantitative estimate of drug-likeness (QED) is 0.713. The number of hydrogen-bond donors (Lipinski definition) is 2. The Morgan fingerprint density at radius 1 is 1.41 bits per heavy atom. The molecule has 1 aromatic carbocycles. The number of carbonyl (C=O) groups excluding carboxylic acids is 2. The normalized spacial score (nSPS) is 20.2. The Balaban J connectivity index is 2.25. The molecule has 1 fully saturated rings. The molecule has 2 amide bonds. The Kier molecular flexibility index (Phi) is 7.15. The van der Waals surface area contributed by atoms with Gasteiger partial charge in [0.05, 0.1) is 5.69 Å². The summed E-state index contributed by atoms with van der Waals surface area (Å²) in [5.74, 6) is -1.53. The molecule has 150 valence electrons. The number of halogens is 1. The number of benzene rings is 1. The predicted octanol–water partition coefficient (Wildman–Crippen LogP) is 0.805. The maximum absolute atomic E-state index is 13.9. The van der Waals surface area contributed by atoms with Crippen LogP contribution in [0.25, 0.3) is 0 Å². The summed E-state index contributed by atoms with van der Waals surface area (Å²) in [6, 6.07) is 3.87. The fourth-order valence-corrected chi connectivity index (χ4v) is 3.21. The summed E-state index contributed by atoms with van der Waals surface area (Å²) < 4.78 is 18.8. The molecule has 2 rings (SSSR count). The summed E-state index contributed by atoms with van der Waals surface area (Å²) in [5, 5.41) is 2.75. The monoisotopic (exact) mass is 380 g/mol. The highest BCUT2D eigenvalue weighted by Crippen LogP contribution is 2.24. The average molecular weight is 380 g/mol. The van der Waals surface area contributed by atoms with Crippen LogP contribution in [0.15, 0.2) is 18.2 Å². The van der Waals surface area contributed by atoms with Crippen LogP contribution in [0.3, 0.4) is 0 Å². The molecule has 1 aliphatic heterocycles. The van der Waals surface area contributed by atoms with Crippen molar-refractivity contribution < 1.29 is 18.7 Å². The fourth-order valence-electron chi connectivity index (χ4n) is 3.21. The van der Waals surface area contributed by atoms with Crippen LogP contribution >= 0.6 is 0 Å². The molecular weight excluding hydrogens is 351 g/mol. The molecular formula is C19H29FN4O3. The number of ether oxygens (including phenoxy) is 1. The smallest absolute Gasteiger partial charge is 0.246 e. The van der Waals surface area contributed by atoms with E-state index in [-0.39, 0.29) is 30.2 Å². The first-order valence-corrected chi connectivity index (χ1v) is 9.06. The van der Waals surface area contributed by atoms with Gasteiger partial charge >= 0.3 is 0 Å². The molecule has 7 nitrogen and oxygen atoms in total. The number of methoxy groups -OCH3 is 1. The Labute approximate surface area is 159 Å². The SMILES string of the molecule is COCC(=O)N[C@@H](C(=O)N1CCN(C)[C@H](C)C1)[C@@H](C)c1ccc(N)c(F)c1. The van der Waals surface area contributed by atoms with Crippen molar-refractivity contribution in [2.45, 2.75) is 31.8 Å². The Morgan fingerprint density at radius 3 is 2.70 bits per heavy atom. The van der Waals surface area contributed by atoms with Crippen molar-refractivity contribution >= 4 is 17.5 Å². The van der Waals surface area contributed by atoms with Crippen molar-refractivity contribution in [3.63, 3.8) is 0 Å². The van der Waals surface area contributed by atoms with Crippen molar-refractivity contribution in [1.29, 1.82) is 0 Å². The van der Waals surface area contributed by atoms with Crippen molar-refractivity contribution in [3.8, 4) is 0 Å². The summed E-state index contributed by atoms with van der Waals surface area (Å²) in [5.41, 5.74) is 6.19. The predicted molar refractivity (Wildman–Crippen MR) is 102 cm³/mol. The summed E-state index contributed by atoms with van der Waals surface area (Å²) in [4.78, 5) is 29.2. The zero-order valence-electron chi connectivity index (χ0n) is 16.4. The van der Waals surface area contributed by atoms with E-state index in [9.17, 15) is 14.0 Å². The molecule has 1 saturated heterocycles. The number of nitrogens with zero attached hydrogens (tertiary/aromatic N) is 2. The van der Waals surface area contributed by atoms with Gasteiger partial charge in [-0.15, -0.1) is 0 Å². The molecule has 1 aromatic rings. The lowest BCUT2D eigenvalue weighted by Gasteiger charge is -2.40. The first-order valence-electron chi connectivity index (χ1n) is 9.06. The van der Waals surface area contributed by atoms with Gasteiger partial charge in [-0.1, -0.05) is 13.0 Å². The van der Waals surface area contributed by atoms with E-state index in [2.05, 4.69) is 17.1 Å². The lowest BCUT2D eigenvalue weighted by atomic mass is 9.91. The lowest BCUT2D eigenvalue weighted by Crippen LogP contribution is -2.58. The van der Waals surface area contributed by atoms with Crippen molar-refractivity contribution in [3.05, 3.63) is 29.6 Å². The highest BCUT2D eigenvalue weighted by Gasteiger charge is 2.34. The number of amides is 2. The first kappa shape index (κ1) is 21.1. The van der Waals surface area contributed by atoms with E-state index in [0.29, 0.717) is 18.7 Å². The van der Waals surface area contributed by atoms with Crippen molar-refractivity contribution in [1.82, 2.24) is 15.1 Å². The molecule has 1 aliphatic rings. The Morgan fingerprint density at radius 2 is 2.11 bits per heavy atom. The van der Waals surface area contributed by atoms with Crippen LogP contribution in [0.5, 0.6) is 0 Å². The minimum atomic E-state index is -0.814. The number of nitrogens with one attached hydrogen (secondary N) is 1. The maximum atomic E-state index is 13.9. The number of likely N-dealkylation sites (N-methyl/N-ethyl adjacent to an activating group) is 1. The third-order valence-corrected chi connectivity index (χ3v) is 5.18. The minimum Gasteiger partial charge on any atom is -0.396 e. The largest absolute Gasteiger partial charge is 0.396 e. The second kappa shape index (κ2) is 9.14. The zero-order valence-corrected chi connectivity index (χ0v) is 16.4. The van der Waals surface area contributed by atoms with Gasteiger partial charge in [0.25, 0.3) is 0 Å². The molecule has 0 radical (unpaired) electrons. The van der Waals surface area contributed by atoms with E-state index in [0.717, 1.165) is 6.54 Å². The van der Waals surface area contributed by atoms with Crippen LogP contribution in [-0.4, -0.2) is 74.1 Å². The highest BCUT2D eigenvalue weighted by molar-refractivity contribution is 5.89. The molecule has 3 N–H and O–H groups in total. The minimum absolute atomic E-state index is 0.0464. The second-order valence-corrected chi connectivity index (χ2v) is 7.16. The first-order chi connectivity index (χ1) is 12.7. The highest BCUT2D eigenvalue weighted by atomic mass is 19.1. The van der Waals surface area contributed by atoms with E-state index in [4.69, 9.17) is 10.5 Å². The molecule has 8 heteroatoms. The van der Waals surface area contributed by atoms with E-state index >= 15 is 0 Å². The van der Waals surface area contributed by atoms with Gasteiger partial charge in [-0.3, -0.25) is 9.59 Å². The Hall–Kier alpha value is -2.19. The summed E-state index contributed by atoms with van der Waals surface area (Å²) in [6.07, 6.45) is 0. The van der Waals surface area contributed by atoms with Gasteiger partial charge in [0, 0.05) is 38.7 Å². The van der Waals surface area contributed by atoms with Gasteiger partial charge in [0.2, 0.25) is 11.8 Å². The summed E-state index contributed by atoms with van der Waals surface area (Å²) in [6.45, 7) is 5.62. The lowest BCUT2D eigenvalue weighted by molar-refractivity contribution is -0.140. The number of rotatable bonds is 6. The number of carbonyl (C=O) groups is 2. The number of piperazine rings is 1. The van der Waals surface area contributed by atoms with E-state index in [1.807, 2.05) is 7.05 Å². The number of hydrogen-bond acceptors (Lipinski definition) is 5. The molecule has 0 unspecified atom stereocenters. The van der Waals surface area contributed by atoms with Gasteiger partial charge < -0.3 is 25.6 Å². The van der Waals surface area contributed by atoms with Crippen LogP contribution in [0, 0.1) is 5.82 Å². The van der Waals surface area contributed by atoms with Gasteiger partial charge in [-0.05, 0) is 31.7 Å². The summed E-state index contributed by atoms with van der Waals surface area (Å²) in [7, 11) is 3.43. The van der Waals surface area contributed by atoms with Crippen LogP contribution in [0.2, 0.25) is 0 Å². The third kappa shape index (κ3) is 5.17. The topological polar surface area (TPSA) is 87.9 Å². The van der Waals surface area contributed by atoms with Gasteiger partial charge in [0.1, 0.15) is 18.5 Å². The summed E-state index contributed by atoms with van der Waals surface area (Å²) >= 11 is 0. The van der Waals surface area contributed by atoms with E-state index < -0.39 is 17.8 Å². The van der Waals surface area contributed by atoms with Gasteiger partial charge in [-0.25, -0.2) is 4.39 Å². The molecule has 0 spiro atoms. The van der Waals surface area contributed by atoms with Crippen molar-refractivity contribution in [2.24, 2.45) is 0 Å². The molecule has 3 atom stereocenters. The number of nitrogen functional groups attached to an aromatic ring is 1. The Bertz CT molecular complexity index is 685. The third-order valence-electron chi connectivity index (χ3n) is 5.18. The van der Waals surface area contributed by atoms with Gasteiger partial charge in [0.15, 0.2) is 0 Å². The van der Waals surface area contributed by atoms with E-state index in [1.54, 1.807) is 17.9 Å². The maximum Gasteiger partial charge on any atom is 0.246 e. The van der Waals surface area contributed by atoms with Crippen LogP contribution < -0.4 is 11.1 Å². The van der Waals surface area contributed by atoms with Crippen LogP contribution in [-0.2, 0) is 14.3 Å². The fraction of sp³-hybridized carbons (Fsp3) is 0.579. The van der Waals surface area contributed by atoms with Crippen molar-refractivity contribution in [2.75, 3.05) is 46.1 Å². The molecule has 0 saturated carbocycles. The molecule has 0 aliphatic carbocycles. The molecule has 27 heavy (non-hydrogen) atoms. The second-order valence-electron chi connectivity index (χ2n) is 7.16. The average Bonchev–Trinajstić information content (AvgIpc) is 2.63. The van der Waals surface area contributed by atoms with Crippen LogP contribution in [0.1, 0.15) is 25.3 Å². The van der Waals surface area contributed by atoms with Gasteiger partial charge in [-0.2, -0.15) is 0 Å².